The summed E-state index contributed by atoms with van der Waals surface area (Å²) in [5.74, 6) is 0.0108. The lowest BCUT2D eigenvalue weighted by molar-refractivity contribution is -0.132. The molecule has 0 spiro atoms. The third-order valence-electron chi connectivity index (χ3n) is 6.25. The molecule has 3 aliphatic heterocycles. The van der Waals surface area contributed by atoms with Gasteiger partial charge in [-0.15, -0.1) is 5.11 Å². The van der Waals surface area contributed by atoms with E-state index in [1.54, 1.807) is 0 Å². The zero-order valence-electron chi connectivity index (χ0n) is 15.8. The SMILES string of the molecule is CN(C)CCN1C2=CC=CC3C(=O)N=NC4CN(C(=O)C5CC5)CC1=C4C23. The molecule has 0 aromatic carbocycles. The van der Waals surface area contributed by atoms with Crippen LogP contribution in [0.25, 0.3) is 0 Å². The van der Waals surface area contributed by atoms with E-state index in [0.29, 0.717) is 13.1 Å². The second kappa shape index (κ2) is 6.12. The van der Waals surface area contributed by atoms with Crippen LogP contribution in [0, 0.1) is 17.8 Å². The van der Waals surface area contributed by atoms with E-state index < -0.39 is 0 Å². The summed E-state index contributed by atoms with van der Waals surface area (Å²) < 4.78 is 0. The number of amides is 2. The van der Waals surface area contributed by atoms with Crippen molar-refractivity contribution in [3.8, 4) is 0 Å². The standard InChI is InChI=1S/C20H25N5O2/c1-23(2)8-9-25-15-5-3-4-13-17(15)18-14(21-22-19(13)26)10-24(11-16(18)25)20(27)12-6-7-12/h3-5,12-14,17H,6-11H2,1-2H3. The predicted octanol–water partition coefficient (Wildman–Crippen LogP) is 1.42. The van der Waals surface area contributed by atoms with Gasteiger partial charge in [-0.25, -0.2) is 0 Å². The van der Waals surface area contributed by atoms with Crippen molar-refractivity contribution in [2.45, 2.75) is 18.9 Å². The first kappa shape index (κ1) is 16.9. The highest BCUT2D eigenvalue weighted by Gasteiger charge is 2.51. The van der Waals surface area contributed by atoms with Gasteiger partial charge in [0.15, 0.2) is 0 Å². The molecule has 0 aromatic heterocycles. The normalized spacial score (nSPS) is 31.4. The average molecular weight is 367 g/mol. The number of allylic oxidation sites excluding steroid dienone is 3. The van der Waals surface area contributed by atoms with Crippen LogP contribution in [-0.2, 0) is 9.59 Å². The van der Waals surface area contributed by atoms with Gasteiger partial charge >= 0.3 is 0 Å². The second-order valence-corrected chi connectivity index (χ2v) is 8.40. The molecule has 3 heterocycles. The minimum absolute atomic E-state index is 0.0258. The maximum Gasteiger partial charge on any atom is 0.272 e. The number of hydrogen-bond acceptors (Lipinski definition) is 5. The Morgan fingerprint density at radius 2 is 2.15 bits per heavy atom. The quantitative estimate of drug-likeness (QED) is 0.754. The Kier molecular flexibility index (Phi) is 3.82. The lowest BCUT2D eigenvalue weighted by Crippen LogP contribution is -2.45. The fourth-order valence-corrected chi connectivity index (χ4v) is 4.74. The fraction of sp³-hybridized carbons (Fsp3) is 0.600. The molecule has 0 N–H and O–H groups in total. The van der Waals surface area contributed by atoms with Gasteiger partial charge < -0.3 is 14.7 Å². The van der Waals surface area contributed by atoms with E-state index in [9.17, 15) is 9.59 Å². The van der Waals surface area contributed by atoms with Gasteiger partial charge in [0.1, 0.15) is 6.04 Å². The minimum atomic E-state index is -0.265. The van der Waals surface area contributed by atoms with Crippen molar-refractivity contribution in [3.63, 3.8) is 0 Å². The molecule has 0 bridgehead atoms. The van der Waals surface area contributed by atoms with Crippen LogP contribution in [-0.4, -0.2) is 72.8 Å². The number of likely N-dealkylation sites (N-methyl/N-ethyl adjacent to an activating group) is 1. The zero-order valence-corrected chi connectivity index (χ0v) is 15.8. The minimum Gasteiger partial charge on any atom is -0.345 e. The molecule has 0 saturated heterocycles. The molecule has 5 aliphatic rings. The Morgan fingerprint density at radius 3 is 2.89 bits per heavy atom. The maximum atomic E-state index is 12.8. The molecule has 7 heteroatoms. The summed E-state index contributed by atoms with van der Waals surface area (Å²) in [6.07, 6.45) is 8.04. The summed E-state index contributed by atoms with van der Waals surface area (Å²) in [6, 6.07) is -0.199. The van der Waals surface area contributed by atoms with E-state index in [4.69, 9.17) is 0 Å². The number of nitrogens with zero attached hydrogens (tertiary/aromatic N) is 5. The van der Waals surface area contributed by atoms with E-state index in [1.165, 1.54) is 17.0 Å². The average Bonchev–Trinajstić information content (AvgIpc) is 3.46. The van der Waals surface area contributed by atoms with E-state index in [0.717, 1.165) is 25.9 Å². The van der Waals surface area contributed by atoms with E-state index in [1.807, 2.05) is 17.1 Å². The van der Waals surface area contributed by atoms with E-state index in [-0.39, 0.29) is 35.6 Å². The first-order valence-corrected chi connectivity index (χ1v) is 9.81. The van der Waals surface area contributed by atoms with Crippen LogP contribution in [0.3, 0.4) is 0 Å². The van der Waals surface area contributed by atoms with Crippen molar-refractivity contribution in [3.05, 3.63) is 35.2 Å². The molecule has 142 valence electrons. The van der Waals surface area contributed by atoms with Crippen molar-refractivity contribution in [1.82, 2.24) is 14.7 Å². The van der Waals surface area contributed by atoms with Gasteiger partial charge in [-0.1, -0.05) is 12.2 Å². The van der Waals surface area contributed by atoms with Crippen LogP contribution >= 0.6 is 0 Å². The van der Waals surface area contributed by atoms with Crippen LogP contribution in [0.15, 0.2) is 45.4 Å². The smallest absolute Gasteiger partial charge is 0.272 e. The molecule has 3 unspecified atom stereocenters. The summed E-state index contributed by atoms with van der Waals surface area (Å²) in [7, 11) is 4.13. The summed E-state index contributed by atoms with van der Waals surface area (Å²) in [6.45, 7) is 2.93. The van der Waals surface area contributed by atoms with Crippen molar-refractivity contribution in [1.29, 1.82) is 0 Å². The second-order valence-electron chi connectivity index (χ2n) is 8.40. The van der Waals surface area contributed by atoms with Crippen LogP contribution in [0.1, 0.15) is 12.8 Å². The Hall–Kier alpha value is -2.28. The summed E-state index contributed by atoms with van der Waals surface area (Å²) in [5.41, 5.74) is 3.55. The third kappa shape index (κ3) is 2.67. The number of carbonyl (C=O) groups is 2. The monoisotopic (exact) mass is 367 g/mol. The first-order chi connectivity index (χ1) is 13.0. The van der Waals surface area contributed by atoms with Gasteiger partial charge in [-0.05, 0) is 38.6 Å². The Labute approximate surface area is 159 Å². The van der Waals surface area contributed by atoms with E-state index >= 15 is 0 Å². The highest BCUT2D eigenvalue weighted by molar-refractivity contribution is 5.84. The van der Waals surface area contributed by atoms with Gasteiger partial charge in [0.05, 0.1) is 12.5 Å². The van der Waals surface area contributed by atoms with Gasteiger partial charge in [0, 0.05) is 42.9 Å². The molecule has 7 nitrogen and oxygen atoms in total. The lowest BCUT2D eigenvalue weighted by Gasteiger charge is -2.35. The number of carbonyl (C=O) groups excluding carboxylic acids is 2. The topological polar surface area (TPSA) is 68.6 Å². The van der Waals surface area contributed by atoms with Crippen molar-refractivity contribution < 1.29 is 9.59 Å². The summed E-state index contributed by atoms with van der Waals surface area (Å²) in [4.78, 5) is 31.8. The first-order valence-electron chi connectivity index (χ1n) is 9.81. The Morgan fingerprint density at radius 1 is 1.33 bits per heavy atom. The Bertz CT molecular complexity index is 820. The van der Waals surface area contributed by atoms with Crippen LogP contribution < -0.4 is 0 Å². The molecule has 2 aliphatic carbocycles. The summed E-state index contributed by atoms with van der Waals surface area (Å²) in [5, 5.41) is 8.40. The van der Waals surface area contributed by atoms with Crippen LogP contribution in [0.4, 0.5) is 0 Å². The number of azo groups is 1. The fourth-order valence-electron chi connectivity index (χ4n) is 4.74. The van der Waals surface area contributed by atoms with Gasteiger partial charge in [0.25, 0.3) is 5.91 Å². The maximum absolute atomic E-state index is 12.8. The molecule has 0 radical (unpaired) electrons. The van der Waals surface area contributed by atoms with Crippen molar-refractivity contribution in [2.75, 3.05) is 40.3 Å². The largest absolute Gasteiger partial charge is 0.345 e. The molecule has 5 rings (SSSR count). The van der Waals surface area contributed by atoms with Gasteiger partial charge in [-0.3, -0.25) is 9.59 Å². The molecule has 3 atom stereocenters. The van der Waals surface area contributed by atoms with Gasteiger partial charge in [-0.2, -0.15) is 5.11 Å². The number of rotatable bonds is 4. The third-order valence-corrected chi connectivity index (χ3v) is 6.25. The number of hydrogen-bond donors (Lipinski definition) is 0. The molecule has 1 saturated carbocycles. The highest BCUT2D eigenvalue weighted by atomic mass is 16.2. The zero-order chi connectivity index (χ0) is 18.7. The van der Waals surface area contributed by atoms with E-state index in [2.05, 4.69) is 40.2 Å². The molecule has 0 aromatic rings. The predicted molar refractivity (Wildman–Crippen MR) is 99.4 cm³/mol. The molecular weight excluding hydrogens is 342 g/mol. The molecule has 27 heavy (non-hydrogen) atoms. The lowest BCUT2D eigenvalue weighted by atomic mass is 9.78. The Balaban J connectivity index is 1.56. The summed E-state index contributed by atoms with van der Waals surface area (Å²) >= 11 is 0. The van der Waals surface area contributed by atoms with Crippen molar-refractivity contribution >= 4 is 11.8 Å². The van der Waals surface area contributed by atoms with Crippen LogP contribution in [0.2, 0.25) is 0 Å². The molecular formula is C20H25N5O2. The van der Waals surface area contributed by atoms with Gasteiger partial charge in [0.2, 0.25) is 5.91 Å². The van der Waals surface area contributed by atoms with Crippen LogP contribution in [0.5, 0.6) is 0 Å². The molecule has 1 fully saturated rings. The van der Waals surface area contributed by atoms with Crippen molar-refractivity contribution in [2.24, 2.45) is 28.0 Å². The molecule has 2 amide bonds. The highest BCUT2D eigenvalue weighted by Crippen LogP contribution is 2.49.